The molecule has 2 fully saturated rings. The lowest BCUT2D eigenvalue weighted by Gasteiger charge is -2.48. The molecule has 2 aliphatic rings. The number of Topliss-reactive ketones (excluding diaryl/α,β-unsaturated/α-hetero) is 1. The van der Waals surface area contributed by atoms with Crippen LogP contribution in [0.3, 0.4) is 0 Å². The highest BCUT2D eigenvalue weighted by Gasteiger charge is 2.44. The van der Waals surface area contributed by atoms with Gasteiger partial charge in [-0.25, -0.2) is 4.79 Å². The molecule has 2 aliphatic heterocycles. The number of nitrogens with zero attached hydrogens (tertiary/aromatic N) is 1. The van der Waals surface area contributed by atoms with Gasteiger partial charge in [-0.05, 0) is 65.0 Å². The second-order valence-electron chi connectivity index (χ2n) is 8.74. The smallest absolute Gasteiger partial charge is 0.416 e. The molecule has 7 heteroatoms. The molecule has 4 nitrogen and oxygen atoms in total. The molecule has 1 amide bonds. The summed E-state index contributed by atoms with van der Waals surface area (Å²) < 4.78 is 44.4. The van der Waals surface area contributed by atoms with Crippen molar-refractivity contribution in [2.24, 2.45) is 5.92 Å². The zero-order valence-electron chi connectivity index (χ0n) is 16.4. The number of carbonyl (C=O) groups excluding carboxylic acids is 2. The van der Waals surface area contributed by atoms with Crippen molar-refractivity contribution in [2.75, 3.05) is 0 Å². The Labute approximate surface area is 163 Å². The van der Waals surface area contributed by atoms with Crippen LogP contribution in [0, 0.1) is 5.92 Å². The molecule has 1 aromatic carbocycles. The summed E-state index contributed by atoms with van der Waals surface area (Å²) in [6.07, 6.45) is -1.39. The SMILES string of the molecule is CC(C)(C)OC(=O)N1C2CCCC1CC(C(=O)c1cccc(C(F)(F)F)c1)C2. The first-order valence-corrected chi connectivity index (χ1v) is 9.68. The maximum absolute atomic E-state index is 13.0. The van der Waals surface area contributed by atoms with Crippen molar-refractivity contribution in [3.63, 3.8) is 0 Å². The molecule has 154 valence electrons. The molecule has 2 atom stereocenters. The van der Waals surface area contributed by atoms with Crippen molar-refractivity contribution in [2.45, 2.75) is 76.7 Å². The number of hydrogen-bond acceptors (Lipinski definition) is 3. The lowest BCUT2D eigenvalue weighted by Crippen LogP contribution is -2.56. The zero-order chi connectivity index (χ0) is 20.7. The summed E-state index contributed by atoms with van der Waals surface area (Å²) in [7, 11) is 0. The van der Waals surface area contributed by atoms with E-state index in [0.717, 1.165) is 31.4 Å². The molecule has 3 rings (SSSR count). The summed E-state index contributed by atoms with van der Waals surface area (Å²) in [5.74, 6) is -0.649. The minimum Gasteiger partial charge on any atom is -0.444 e. The molecule has 2 unspecified atom stereocenters. The van der Waals surface area contributed by atoms with Gasteiger partial charge in [-0.3, -0.25) is 4.79 Å². The first-order chi connectivity index (χ1) is 13.0. The van der Waals surface area contributed by atoms with Gasteiger partial charge in [0, 0.05) is 23.6 Å². The third-order valence-corrected chi connectivity index (χ3v) is 5.42. The topological polar surface area (TPSA) is 46.6 Å². The number of alkyl halides is 3. The average molecular weight is 397 g/mol. The Morgan fingerprint density at radius 2 is 1.68 bits per heavy atom. The normalized spacial score (nSPS) is 25.4. The van der Waals surface area contributed by atoms with Crippen LogP contribution in [-0.4, -0.2) is 34.5 Å². The van der Waals surface area contributed by atoms with Crippen molar-refractivity contribution in [3.05, 3.63) is 35.4 Å². The summed E-state index contributed by atoms with van der Waals surface area (Å²) in [5.41, 5.74) is -1.33. The lowest BCUT2D eigenvalue weighted by atomic mass is 9.75. The van der Waals surface area contributed by atoms with Crippen LogP contribution >= 0.6 is 0 Å². The van der Waals surface area contributed by atoms with Crippen LogP contribution < -0.4 is 0 Å². The van der Waals surface area contributed by atoms with Gasteiger partial charge in [-0.15, -0.1) is 0 Å². The van der Waals surface area contributed by atoms with E-state index in [2.05, 4.69) is 0 Å². The molecule has 0 aliphatic carbocycles. The van der Waals surface area contributed by atoms with E-state index < -0.39 is 17.3 Å². The minimum absolute atomic E-state index is 0.0867. The van der Waals surface area contributed by atoms with E-state index in [-0.39, 0.29) is 35.4 Å². The van der Waals surface area contributed by atoms with Gasteiger partial charge in [-0.2, -0.15) is 13.2 Å². The minimum atomic E-state index is -4.48. The Balaban J connectivity index is 1.77. The van der Waals surface area contributed by atoms with E-state index in [1.165, 1.54) is 12.1 Å². The average Bonchev–Trinajstić information content (AvgIpc) is 2.57. The van der Waals surface area contributed by atoms with Gasteiger partial charge >= 0.3 is 12.3 Å². The number of hydrogen-bond donors (Lipinski definition) is 0. The van der Waals surface area contributed by atoms with Gasteiger partial charge in [0.05, 0.1) is 5.56 Å². The standard InChI is InChI=1S/C21H26F3NO3/c1-20(2,3)28-19(27)25-16-8-5-9-17(25)12-14(11-16)18(26)13-6-4-7-15(10-13)21(22,23)24/h4,6-7,10,14,16-17H,5,8-9,11-12H2,1-3H3. The number of rotatable bonds is 2. The monoisotopic (exact) mass is 397 g/mol. The Kier molecular flexibility index (Phi) is 5.47. The van der Waals surface area contributed by atoms with Crippen molar-refractivity contribution < 1.29 is 27.5 Å². The number of ether oxygens (including phenoxy) is 1. The van der Waals surface area contributed by atoms with Gasteiger partial charge in [0.1, 0.15) is 5.60 Å². The van der Waals surface area contributed by atoms with Crippen LogP contribution in [0.25, 0.3) is 0 Å². The predicted octanol–water partition coefficient (Wildman–Crippen LogP) is 5.46. The number of amides is 1. The van der Waals surface area contributed by atoms with E-state index in [0.29, 0.717) is 12.8 Å². The summed E-state index contributed by atoms with van der Waals surface area (Å²) in [6, 6.07) is 4.39. The van der Waals surface area contributed by atoms with E-state index in [4.69, 9.17) is 4.74 Å². The van der Waals surface area contributed by atoms with Crippen molar-refractivity contribution in [3.8, 4) is 0 Å². The highest BCUT2D eigenvalue weighted by atomic mass is 19.4. The molecule has 0 aromatic heterocycles. The molecule has 0 N–H and O–H groups in total. The van der Waals surface area contributed by atoms with Crippen molar-refractivity contribution in [1.29, 1.82) is 0 Å². The number of piperidine rings is 2. The fraction of sp³-hybridized carbons (Fsp3) is 0.619. The third-order valence-electron chi connectivity index (χ3n) is 5.42. The molecule has 2 saturated heterocycles. The maximum Gasteiger partial charge on any atom is 0.416 e. The summed E-state index contributed by atoms with van der Waals surface area (Å²) in [6.45, 7) is 5.43. The third kappa shape index (κ3) is 4.50. The molecule has 0 spiro atoms. The van der Waals surface area contributed by atoms with Gasteiger partial charge in [0.2, 0.25) is 0 Å². The van der Waals surface area contributed by atoms with E-state index >= 15 is 0 Å². The Morgan fingerprint density at radius 3 is 2.21 bits per heavy atom. The van der Waals surface area contributed by atoms with Gasteiger partial charge in [-0.1, -0.05) is 12.1 Å². The number of fused-ring (bicyclic) bond motifs is 2. The predicted molar refractivity (Wildman–Crippen MR) is 98.0 cm³/mol. The lowest BCUT2D eigenvalue weighted by molar-refractivity contribution is -0.137. The quantitative estimate of drug-likeness (QED) is 0.623. The van der Waals surface area contributed by atoms with Crippen LogP contribution in [0.4, 0.5) is 18.0 Å². The Hall–Kier alpha value is -2.05. The van der Waals surface area contributed by atoms with Gasteiger partial charge < -0.3 is 9.64 Å². The number of benzene rings is 1. The van der Waals surface area contributed by atoms with Crippen LogP contribution in [0.1, 0.15) is 68.8 Å². The molecular formula is C21H26F3NO3. The van der Waals surface area contributed by atoms with Crippen LogP contribution in [0.15, 0.2) is 24.3 Å². The number of carbonyl (C=O) groups is 2. The van der Waals surface area contributed by atoms with Crippen molar-refractivity contribution >= 4 is 11.9 Å². The molecule has 2 heterocycles. The molecule has 1 aromatic rings. The number of ketones is 1. The Bertz CT molecular complexity index is 740. The largest absolute Gasteiger partial charge is 0.444 e. The number of halogens is 3. The summed E-state index contributed by atoms with van der Waals surface area (Å²) in [4.78, 5) is 27.3. The highest BCUT2D eigenvalue weighted by Crippen LogP contribution is 2.39. The van der Waals surface area contributed by atoms with Crippen molar-refractivity contribution in [1.82, 2.24) is 4.90 Å². The van der Waals surface area contributed by atoms with E-state index in [1.807, 2.05) is 20.8 Å². The second kappa shape index (κ2) is 7.41. The zero-order valence-corrected chi connectivity index (χ0v) is 16.4. The second-order valence-corrected chi connectivity index (χ2v) is 8.74. The molecule has 28 heavy (non-hydrogen) atoms. The first kappa shape index (κ1) is 20.7. The first-order valence-electron chi connectivity index (χ1n) is 9.68. The van der Waals surface area contributed by atoms with E-state index in [1.54, 1.807) is 4.90 Å². The van der Waals surface area contributed by atoms with Gasteiger partial charge in [0.15, 0.2) is 5.78 Å². The fourth-order valence-electron chi connectivity index (χ4n) is 4.29. The maximum atomic E-state index is 13.0. The Morgan fingerprint density at radius 1 is 1.07 bits per heavy atom. The van der Waals surface area contributed by atoms with E-state index in [9.17, 15) is 22.8 Å². The summed E-state index contributed by atoms with van der Waals surface area (Å²) in [5, 5.41) is 0. The van der Waals surface area contributed by atoms with Crippen LogP contribution in [-0.2, 0) is 10.9 Å². The molecule has 2 bridgehead atoms. The highest BCUT2D eigenvalue weighted by molar-refractivity contribution is 5.98. The van der Waals surface area contributed by atoms with Gasteiger partial charge in [0.25, 0.3) is 0 Å². The molecular weight excluding hydrogens is 371 g/mol. The summed E-state index contributed by atoms with van der Waals surface area (Å²) >= 11 is 0. The molecule has 0 saturated carbocycles. The van der Waals surface area contributed by atoms with Crippen LogP contribution in [0.5, 0.6) is 0 Å². The fourth-order valence-corrected chi connectivity index (χ4v) is 4.29. The van der Waals surface area contributed by atoms with Crippen LogP contribution in [0.2, 0.25) is 0 Å². The molecule has 0 radical (unpaired) electrons.